The van der Waals surface area contributed by atoms with Gasteiger partial charge in [0.25, 0.3) is 0 Å². The molecule has 1 rings (SSSR count). The highest BCUT2D eigenvalue weighted by atomic mass is 16.2. The third kappa shape index (κ3) is 4.62. The van der Waals surface area contributed by atoms with Gasteiger partial charge >= 0.3 is 0 Å². The van der Waals surface area contributed by atoms with E-state index >= 15 is 0 Å². The highest BCUT2D eigenvalue weighted by Gasteiger charge is 2.14. The number of hydrogen-bond donors (Lipinski definition) is 2. The number of nitrogens with zero attached hydrogens (tertiary/aromatic N) is 1. The van der Waals surface area contributed by atoms with E-state index < -0.39 is 0 Å². The quantitative estimate of drug-likeness (QED) is 0.685. The van der Waals surface area contributed by atoms with E-state index in [1.165, 1.54) is 0 Å². The number of amides is 1. The molecule has 15 heavy (non-hydrogen) atoms. The van der Waals surface area contributed by atoms with Gasteiger partial charge in [-0.2, -0.15) is 0 Å². The Hall–Kier alpha value is -0.610. The Balaban J connectivity index is 2.21. The van der Waals surface area contributed by atoms with Crippen molar-refractivity contribution in [2.24, 2.45) is 0 Å². The van der Waals surface area contributed by atoms with E-state index in [0.717, 1.165) is 39.0 Å². The van der Waals surface area contributed by atoms with Crippen molar-refractivity contribution < 1.29 is 4.79 Å². The largest absolute Gasteiger partial charge is 0.352 e. The van der Waals surface area contributed by atoms with Crippen LogP contribution in [0.4, 0.5) is 0 Å². The second-order valence-electron chi connectivity index (χ2n) is 4.11. The molecule has 1 heterocycles. The molecule has 0 atom stereocenters. The zero-order chi connectivity index (χ0) is 11.1. The highest BCUT2D eigenvalue weighted by Crippen LogP contribution is 1.97. The van der Waals surface area contributed by atoms with Crippen molar-refractivity contribution in [2.75, 3.05) is 32.7 Å². The lowest BCUT2D eigenvalue weighted by atomic mass is 10.2. The summed E-state index contributed by atoms with van der Waals surface area (Å²) in [5.41, 5.74) is 0. The molecule has 0 spiro atoms. The molecule has 1 saturated heterocycles. The molecule has 0 aromatic carbocycles. The molecule has 0 unspecified atom stereocenters. The van der Waals surface area contributed by atoms with Gasteiger partial charge in [0.2, 0.25) is 5.91 Å². The molecular formula is C11H23N3O. The number of nitrogens with one attached hydrogen (secondary N) is 2. The van der Waals surface area contributed by atoms with Crippen LogP contribution in [0.3, 0.4) is 0 Å². The normalized spacial score (nSPS) is 18.1. The van der Waals surface area contributed by atoms with Crippen molar-refractivity contribution >= 4 is 5.91 Å². The van der Waals surface area contributed by atoms with Crippen LogP contribution in [0.25, 0.3) is 0 Å². The maximum Gasteiger partial charge on any atom is 0.234 e. The van der Waals surface area contributed by atoms with Gasteiger partial charge in [-0.3, -0.25) is 9.69 Å². The van der Waals surface area contributed by atoms with Crippen LogP contribution in [0, 0.1) is 0 Å². The Labute approximate surface area is 92.4 Å². The summed E-state index contributed by atoms with van der Waals surface area (Å²) in [6, 6.07) is 0.348. The van der Waals surface area contributed by atoms with Crippen LogP contribution < -0.4 is 10.6 Å². The third-order valence-electron chi connectivity index (χ3n) is 2.93. The van der Waals surface area contributed by atoms with E-state index in [9.17, 15) is 4.79 Å². The summed E-state index contributed by atoms with van der Waals surface area (Å²) in [5.74, 6) is 0.172. The molecule has 0 bridgehead atoms. The van der Waals surface area contributed by atoms with Gasteiger partial charge in [-0.1, -0.05) is 13.8 Å². The SMILES string of the molecule is CCC(CC)NC(=O)CN1CCNCC1. The van der Waals surface area contributed by atoms with Crippen molar-refractivity contribution in [1.29, 1.82) is 0 Å². The summed E-state index contributed by atoms with van der Waals surface area (Å²) in [4.78, 5) is 13.9. The second-order valence-corrected chi connectivity index (χ2v) is 4.11. The van der Waals surface area contributed by atoms with E-state index in [1.807, 2.05) is 0 Å². The van der Waals surface area contributed by atoms with Crippen LogP contribution in [0.15, 0.2) is 0 Å². The molecule has 1 fully saturated rings. The maximum atomic E-state index is 11.7. The molecular weight excluding hydrogens is 190 g/mol. The molecule has 0 aliphatic carbocycles. The van der Waals surface area contributed by atoms with Crippen LogP contribution in [0.1, 0.15) is 26.7 Å². The summed E-state index contributed by atoms with van der Waals surface area (Å²) < 4.78 is 0. The monoisotopic (exact) mass is 213 g/mol. The van der Waals surface area contributed by atoms with Crippen LogP contribution in [0.5, 0.6) is 0 Å². The molecule has 4 heteroatoms. The Bertz CT molecular complexity index is 186. The summed E-state index contributed by atoms with van der Waals surface area (Å²) in [5, 5.41) is 6.34. The zero-order valence-electron chi connectivity index (χ0n) is 9.88. The van der Waals surface area contributed by atoms with Crippen LogP contribution in [0.2, 0.25) is 0 Å². The number of rotatable bonds is 5. The van der Waals surface area contributed by atoms with Crippen molar-refractivity contribution in [3.8, 4) is 0 Å². The Kier molecular flexibility index (Phi) is 5.65. The number of carbonyl (C=O) groups is 1. The van der Waals surface area contributed by atoms with Gasteiger partial charge in [0.05, 0.1) is 6.54 Å². The van der Waals surface area contributed by atoms with Crippen molar-refractivity contribution in [3.05, 3.63) is 0 Å². The summed E-state index contributed by atoms with van der Waals surface area (Å²) >= 11 is 0. The zero-order valence-corrected chi connectivity index (χ0v) is 9.88. The van der Waals surface area contributed by atoms with Crippen LogP contribution in [-0.4, -0.2) is 49.6 Å². The predicted molar refractivity (Wildman–Crippen MR) is 61.8 cm³/mol. The van der Waals surface area contributed by atoms with Crippen molar-refractivity contribution in [1.82, 2.24) is 15.5 Å². The van der Waals surface area contributed by atoms with Gasteiger partial charge in [0.1, 0.15) is 0 Å². The maximum absolute atomic E-state index is 11.7. The van der Waals surface area contributed by atoms with Gasteiger partial charge in [-0.25, -0.2) is 0 Å². The molecule has 0 saturated carbocycles. The Morgan fingerprint density at radius 2 is 1.93 bits per heavy atom. The summed E-state index contributed by atoms with van der Waals surface area (Å²) in [7, 11) is 0. The predicted octanol–water partition coefficient (Wildman–Crippen LogP) is 0.196. The van der Waals surface area contributed by atoms with E-state index in [-0.39, 0.29) is 5.91 Å². The third-order valence-corrected chi connectivity index (χ3v) is 2.93. The first kappa shape index (κ1) is 12.5. The van der Waals surface area contributed by atoms with Gasteiger partial charge < -0.3 is 10.6 Å². The minimum absolute atomic E-state index is 0.172. The van der Waals surface area contributed by atoms with Gasteiger partial charge in [0, 0.05) is 32.2 Å². The molecule has 0 aromatic heterocycles. The fraction of sp³-hybridized carbons (Fsp3) is 0.909. The van der Waals surface area contributed by atoms with Gasteiger partial charge in [-0.05, 0) is 12.8 Å². The lowest BCUT2D eigenvalue weighted by molar-refractivity contribution is -0.123. The first-order valence-electron chi connectivity index (χ1n) is 5.98. The number of hydrogen-bond acceptors (Lipinski definition) is 3. The first-order valence-corrected chi connectivity index (χ1v) is 5.98. The van der Waals surface area contributed by atoms with Crippen LogP contribution in [-0.2, 0) is 4.79 Å². The van der Waals surface area contributed by atoms with E-state index in [0.29, 0.717) is 12.6 Å². The fourth-order valence-corrected chi connectivity index (χ4v) is 1.84. The van der Waals surface area contributed by atoms with E-state index in [2.05, 4.69) is 29.4 Å². The highest BCUT2D eigenvalue weighted by molar-refractivity contribution is 5.78. The number of piperazine rings is 1. The minimum Gasteiger partial charge on any atom is -0.352 e. The Morgan fingerprint density at radius 1 is 1.33 bits per heavy atom. The van der Waals surface area contributed by atoms with E-state index in [4.69, 9.17) is 0 Å². The summed E-state index contributed by atoms with van der Waals surface area (Å²) in [6.07, 6.45) is 2.04. The molecule has 0 aromatic rings. The van der Waals surface area contributed by atoms with Crippen LogP contribution >= 0.6 is 0 Å². The molecule has 1 amide bonds. The summed E-state index contributed by atoms with van der Waals surface area (Å²) in [6.45, 7) is 8.74. The average molecular weight is 213 g/mol. The molecule has 0 radical (unpaired) electrons. The van der Waals surface area contributed by atoms with Crippen molar-refractivity contribution in [2.45, 2.75) is 32.7 Å². The van der Waals surface area contributed by atoms with Crippen molar-refractivity contribution in [3.63, 3.8) is 0 Å². The van der Waals surface area contributed by atoms with Gasteiger partial charge in [-0.15, -0.1) is 0 Å². The standard InChI is InChI=1S/C11H23N3O/c1-3-10(4-2)13-11(15)9-14-7-5-12-6-8-14/h10,12H,3-9H2,1-2H3,(H,13,15). The lowest BCUT2D eigenvalue weighted by Gasteiger charge is -2.27. The Morgan fingerprint density at radius 3 is 2.47 bits per heavy atom. The fourth-order valence-electron chi connectivity index (χ4n) is 1.84. The van der Waals surface area contributed by atoms with E-state index in [1.54, 1.807) is 0 Å². The smallest absolute Gasteiger partial charge is 0.234 e. The molecule has 1 aliphatic rings. The number of carbonyl (C=O) groups excluding carboxylic acids is 1. The second kappa shape index (κ2) is 6.80. The lowest BCUT2D eigenvalue weighted by Crippen LogP contribution is -2.48. The minimum atomic E-state index is 0.172. The molecule has 4 nitrogen and oxygen atoms in total. The molecule has 2 N–H and O–H groups in total. The average Bonchev–Trinajstić information content (AvgIpc) is 2.27. The first-order chi connectivity index (χ1) is 7.26. The molecule has 88 valence electrons. The topological polar surface area (TPSA) is 44.4 Å². The van der Waals surface area contributed by atoms with Gasteiger partial charge in [0.15, 0.2) is 0 Å². The molecule has 1 aliphatic heterocycles.